The number of hydrogen-bond acceptors (Lipinski definition) is 4. The second kappa shape index (κ2) is 7.37. The van der Waals surface area contributed by atoms with E-state index in [0.29, 0.717) is 38.4 Å². The molecule has 2 bridgehead atoms. The first-order valence-corrected chi connectivity index (χ1v) is 9.51. The first-order valence-electron chi connectivity index (χ1n) is 9.51. The largest absolute Gasteiger partial charge is 0.481 e. The number of nitrogens with zero attached hydrogens (tertiary/aromatic N) is 1. The third kappa shape index (κ3) is 3.71. The molecule has 2 N–H and O–H groups in total. The summed E-state index contributed by atoms with van der Waals surface area (Å²) < 4.78 is 45.0. The van der Waals surface area contributed by atoms with Gasteiger partial charge in [0.1, 0.15) is 0 Å². The minimum absolute atomic E-state index is 0.0441. The molecule has 156 valence electrons. The Morgan fingerprint density at radius 1 is 1.10 bits per heavy atom. The van der Waals surface area contributed by atoms with Gasteiger partial charge in [0.05, 0.1) is 42.0 Å². The smallest absolute Gasteiger partial charge is 0.416 e. The first kappa shape index (κ1) is 19.8. The Morgan fingerprint density at radius 3 is 2.38 bits per heavy atom. The number of rotatable bonds is 4. The van der Waals surface area contributed by atoms with Crippen molar-refractivity contribution in [1.82, 2.24) is 0 Å². The normalized spacial score (nSPS) is 28.6. The predicted octanol–water partition coefficient (Wildman–Crippen LogP) is 3.00. The summed E-state index contributed by atoms with van der Waals surface area (Å²) >= 11 is 0. The number of carboxylic acid groups (broad SMARTS) is 1. The summed E-state index contributed by atoms with van der Waals surface area (Å²) in [5, 5.41) is 12.2. The highest BCUT2D eigenvalue weighted by Crippen LogP contribution is 2.48. The van der Waals surface area contributed by atoms with E-state index in [4.69, 9.17) is 4.74 Å². The van der Waals surface area contributed by atoms with Crippen molar-refractivity contribution in [1.29, 1.82) is 0 Å². The highest BCUT2D eigenvalue weighted by atomic mass is 19.4. The number of amides is 1. The second-order valence-electron chi connectivity index (χ2n) is 7.66. The van der Waals surface area contributed by atoms with E-state index in [9.17, 15) is 27.9 Å². The molecule has 1 aromatic rings. The zero-order valence-corrected chi connectivity index (χ0v) is 15.5. The van der Waals surface area contributed by atoms with Gasteiger partial charge in [-0.15, -0.1) is 0 Å². The molecular weight excluding hydrogens is 389 g/mol. The Morgan fingerprint density at radius 2 is 1.76 bits per heavy atom. The van der Waals surface area contributed by atoms with E-state index in [2.05, 4.69) is 5.32 Å². The fourth-order valence-corrected chi connectivity index (χ4v) is 4.62. The molecule has 1 amide bonds. The molecule has 1 heterocycles. The average Bonchev–Trinajstić information content (AvgIpc) is 3.29. The van der Waals surface area contributed by atoms with Gasteiger partial charge in [-0.25, -0.2) is 0 Å². The number of allylic oxidation sites excluding steroid dienone is 2. The summed E-state index contributed by atoms with van der Waals surface area (Å²) in [4.78, 5) is 26.5. The van der Waals surface area contributed by atoms with E-state index < -0.39 is 35.5 Å². The molecule has 2 fully saturated rings. The van der Waals surface area contributed by atoms with E-state index in [-0.39, 0.29) is 17.5 Å². The maximum absolute atomic E-state index is 13.2. The van der Waals surface area contributed by atoms with Gasteiger partial charge in [-0.3, -0.25) is 9.59 Å². The number of benzene rings is 1. The molecule has 4 rings (SSSR count). The minimum atomic E-state index is -4.55. The van der Waals surface area contributed by atoms with Crippen LogP contribution in [0.5, 0.6) is 0 Å². The van der Waals surface area contributed by atoms with Crippen molar-refractivity contribution in [2.24, 2.45) is 23.7 Å². The van der Waals surface area contributed by atoms with Gasteiger partial charge >= 0.3 is 12.1 Å². The lowest BCUT2D eigenvalue weighted by molar-refractivity contribution is -0.146. The predicted molar refractivity (Wildman–Crippen MR) is 98.5 cm³/mol. The van der Waals surface area contributed by atoms with Gasteiger partial charge in [-0.2, -0.15) is 13.2 Å². The van der Waals surface area contributed by atoms with Crippen molar-refractivity contribution in [2.45, 2.75) is 12.6 Å². The molecule has 1 saturated carbocycles. The van der Waals surface area contributed by atoms with Gasteiger partial charge < -0.3 is 20.1 Å². The van der Waals surface area contributed by atoms with Crippen LogP contribution in [0.3, 0.4) is 0 Å². The molecule has 0 radical (unpaired) electrons. The van der Waals surface area contributed by atoms with Gasteiger partial charge in [0, 0.05) is 13.1 Å². The Balaban J connectivity index is 1.64. The van der Waals surface area contributed by atoms with Crippen LogP contribution in [-0.4, -0.2) is 43.3 Å². The number of morpholine rings is 1. The molecule has 9 heteroatoms. The van der Waals surface area contributed by atoms with Crippen molar-refractivity contribution < 1.29 is 32.6 Å². The van der Waals surface area contributed by atoms with Crippen LogP contribution in [0.4, 0.5) is 24.5 Å². The van der Waals surface area contributed by atoms with Crippen molar-refractivity contribution >= 4 is 23.3 Å². The van der Waals surface area contributed by atoms with Crippen LogP contribution in [0.15, 0.2) is 30.4 Å². The Labute approximate surface area is 165 Å². The van der Waals surface area contributed by atoms with Gasteiger partial charge in [0.2, 0.25) is 5.91 Å². The number of ether oxygens (including phenoxy) is 1. The van der Waals surface area contributed by atoms with E-state index in [0.717, 1.165) is 12.1 Å². The molecule has 2 aliphatic carbocycles. The average molecular weight is 410 g/mol. The number of aliphatic carboxylic acids is 1. The summed E-state index contributed by atoms with van der Waals surface area (Å²) in [7, 11) is 0. The lowest BCUT2D eigenvalue weighted by atomic mass is 9.82. The third-order valence-corrected chi connectivity index (χ3v) is 5.98. The number of halogens is 3. The molecule has 3 aliphatic rings. The minimum Gasteiger partial charge on any atom is -0.481 e. The van der Waals surface area contributed by atoms with Crippen molar-refractivity contribution in [3.63, 3.8) is 0 Å². The van der Waals surface area contributed by atoms with Gasteiger partial charge in [-0.05, 0) is 36.5 Å². The standard InChI is InChI=1S/C20H21F3N2O4/c21-20(22,23)13-3-4-15(25-5-7-29-8-6-25)14(10-13)24-18(26)16-11-1-2-12(9-11)17(16)19(27)28/h1-4,10-12,16-17H,5-9H2,(H,24,26)(H,27,28)/t11-,12-,16-,17+/m0/s1. The molecule has 4 atom stereocenters. The SMILES string of the molecule is O=C(Nc1cc(C(F)(F)F)ccc1N1CCOCC1)[C@@H]1[C@H](C(=O)O)[C@H]2C=C[C@H]1C2. The lowest BCUT2D eigenvalue weighted by Crippen LogP contribution is -2.38. The van der Waals surface area contributed by atoms with E-state index in [1.807, 2.05) is 17.1 Å². The number of nitrogens with one attached hydrogen (secondary N) is 1. The summed E-state index contributed by atoms with van der Waals surface area (Å²) in [6.07, 6.45) is -0.324. The van der Waals surface area contributed by atoms with E-state index in [1.54, 1.807) is 0 Å². The van der Waals surface area contributed by atoms with Crippen LogP contribution in [0.2, 0.25) is 0 Å². The third-order valence-electron chi connectivity index (χ3n) is 5.98. The Kier molecular flexibility index (Phi) is 5.02. The molecule has 0 unspecified atom stereocenters. The summed E-state index contributed by atoms with van der Waals surface area (Å²) in [6.45, 7) is 1.85. The molecular formula is C20H21F3N2O4. The number of hydrogen-bond donors (Lipinski definition) is 2. The van der Waals surface area contributed by atoms with Crippen molar-refractivity contribution in [3.05, 3.63) is 35.9 Å². The number of anilines is 2. The van der Waals surface area contributed by atoms with Crippen LogP contribution in [-0.2, 0) is 20.5 Å². The molecule has 1 aliphatic heterocycles. The van der Waals surface area contributed by atoms with Gasteiger partial charge in [0.25, 0.3) is 0 Å². The maximum atomic E-state index is 13.2. The highest BCUT2D eigenvalue weighted by molar-refractivity contribution is 5.99. The Hall–Kier alpha value is -2.55. The van der Waals surface area contributed by atoms with Crippen molar-refractivity contribution in [2.75, 3.05) is 36.5 Å². The number of carboxylic acids is 1. The monoisotopic (exact) mass is 410 g/mol. The number of alkyl halides is 3. The zero-order chi connectivity index (χ0) is 20.8. The summed E-state index contributed by atoms with van der Waals surface area (Å²) in [5.41, 5.74) is -0.352. The first-order chi connectivity index (χ1) is 13.8. The van der Waals surface area contributed by atoms with Gasteiger partial charge in [0.15, 0.2) is 0 Å². The zero-order valence-electron chi connectivity index (χ0n) is 15.5. The maximum Gasteiger partial charge on any atom is 0.416 e. The summed E-state index contributed by atoms with van der Waals surface area (Å²) in [6, 6.07) is 3.25. The fourth-order valence-electron chi connectivity index (χ4n) is 4.62. The molecule has 0 aromatic heterocycles. The van der Waals surface area contributed by atoms with E-state index in [1.165, 1.54) is 6.07 Å². The van der Waals surface area contributed by atoms with E-state index >= 15 is 0 Å². The van der Waals surface area contributed by atoms with Crippen LogP contribution in [0, 0.1) is 23.7 Å². The topological polar surface area (TPSA) is 78.9 Å². The number of carbonyl (C=O) groups is 2. The van der Waals surface area contributed by atoms with Crippen molar-refractivity contribution in [3.8, 4) is 0 Å². The molecule has 0 spiro atoms. The molecule has 1 aromatic carbocycles. The number of carbonyl (C=O) groups excluding carboxylic acids is 1. The van der Waals surface area contributed by atoms with Crippen LogP contribution < -0.4 is 10.2 Å². The van der Waals surface area contributed by atoms with Crippen LogP contribution >= 0.6 is 0 Å². The number of fused-ring (bicyclic) bond motifs is 2. The lowest BCUT2D eigenvalue weighted by Gasteiger charge is -2.31. The van der Waals surface area contributed by atoms with Gasteiger partial charge in [-0.1, -0.05) is 12.2 Å². The molecule has 1 saturated heterocycles. The highest BCUT2D eigenvalue weighted by Gasteiger charge is 2.51. The quantitative estimate of drug-likeness (QED) is 0.747. The fraction of sp³-hybridized carbons (Fsp3) is 0.500. The summed E-state index contributed by atoms with van der Waals surface area (Å²) in [5.74, 6) is -3.69. The molecule has 29 heavy (non-hydrogen) atoms. The van der Waals surface area contributed by atoms with Crippen LogP contribution in [0.1, 0.15) is 12.0 Å². The molecule has 6 nitrogen and oxygen atoms in total. The van der Waals surface area contributed by atoms with Crippen LogP contribution in [0.25, 0.3) is 0 Å². The Bertz CT molecular complexity index is 849. The second-order valence-corrected chi connectivity index (χ2v) is 7.66.